The molecule has 0 saturated heterocycles. The minimum atomic E-state index is -1.04. The molecule has 0 bridgehead atoms. The molecular weight excluding hydrogens is 200 g/mol. The molecular formula is C8H6N4O3. The second-order valence-electron chi connectivity index (χ2n) is 2.55. The van der Waals surface area contributed by atoms with Gasteiger partial charge in [-0.3, -0.25) is 4.79 Å². The average Bonchev–Trinajstić information content (AvgIpc) is 2.88. The van der Waals surface area contributed by atoms with E-state index in [1.807, 2.05) is 0 Å². The van der Waals surface area contributed by atoms with Gasteiger partial charge < -0.3 is 14.7 Å². The number of ether oxygens (including phenoxy) is 1. The molecule has 0 unspecified atom stereocenters. The lowest BCUT2D eigenvalue weighted by Gasteiger charge is -1.96. The number of carbonyl (C=O) groups is 2. The molecule has 0 atom stereocenters. The topological polar surface area (TPSA) is 101 Å². The fraction of sp³-hybridized carbons (Fsp3) is 0. The molecule has 0 spiro atoms. The van der Waals surface area contributed by atoms with Crippen molar-refractivity contribution in [3.8, 4) is 6.01 Å². The summed E-state index contributed by atoms with van der Waals surface area (Å²) in [6, 6.07) is -0.0279. The summed E-state index contributed by atoms with van der Waals surface area (Å²) in [6.07, 6.45) is 5.68. The van der Waals surface area contributed by atoms with Crippen LogP contribution in [0, 0.1) is 0 Å². The second kappa shape index (κ2) is 3.74. The van der Waals surface area contributed by atoms with E-state index >= 15 is 0 Å². The molecule has 7 nitrogen and oxygen atoms in total. The highest BCUT2D eigenvalue weighted by Crippen LogP contribution is 2.01. The van der Waals surface area contributed by atoms with Crippen molar-refractivity contribution in [1.82, 2.24) is 19.9 Å². The van der Waals surface area contributed by atoms with Crippen LogP contribution < -0.4 is 4.74 Å². The molecule has 0 aromatic carbocycles. The summed E-state index contributed by atoms with van der Waals surface area (Å²) in [5.74, 6) is -1.96. The van der Waals surface area contributed by atoms with Crippen molar-refractivity contribution in [1.29, 1.82) is 0 Å². The summed E-state index contributed by atoms with van der Waals surface area (Å²) in [7, 11) is 0. The van der Waals surface area contributed by atoms with Crippen LogP contribution in [-0.4, -0.2) is 31.7 Å². The van der Waals surface area contributed by atoms with Crippen LogP contribution >= 0.6 is 0 Å². The molecule has 2 aromatic heterocycles. The van der Waals surface area contributed by atoms with Gasteiger partial charge in [0.25, 0.3) is 0 Å². The maximum atomic E-state index is 11.3. The van der Waals surface area contributed by atoms with Gasteiger partial charge in [0, 0.05) is 24.8 Å². The summed E-state index contributed by atoms with van der Waals surface area (Å²) >= 11 is 0. The lowest BCUT2D eigenvalue weighted by Crippen LogP contribution is -2.22. The average molecular weight is 206 g/mol. The van der Waals surface area contributed by atoms with Crippen molar-refractivity contribution in [3.63, 3.8) is 0 Å². The fourth-order valence-electron chi connectivity index (χ4n) is 0.927. The van der Waals surface area contributed by atoms with Gasteiger partial charge in [-0.05, 0) is 0 Å². The third-order valence-electron chi connectivity index (χ3n) is 1.56. The number of ketones is 1. The number of imidazole rings is 2. The number of esters is 1. The Morgan fingerprint density at radius 1 is 1.13 bits per heavy atom. The van der Waals surface area contributed by atoms with Gasteiger partial charge in [-0.2, -0.15) is 0 Å². The molecule has 76 valence electrons. The smallest absolute Gasteiger partial charge is 0.386 e. The maximum absolute atomic E-state index is 11.3. The van der Waals surface area contributed by atoms with Crippen molar-refractivity contribution < 1.29 is 14.3 Å². The Morgan fingerprint density at radius 2 is 1.87 bits per heavy atom. The third-order valence-corrected chi connectivity index (χ3v) is 1.56. The van der Waals surface area contributed by atoms with E-state index < -0.39 is 11.8 Å². The Kier molecular flexibility index (Phi) is 2.28. The minimum absolute atomic E-state index is 0.0279. The number of nitrogens with zero attached hydrogens (tertiary/aromatic N) is 2. The van der Waals surface area contributed by atoms with E-state index in [-0.39, 0.29) is 11.8 Å². The number of aromatic nitrogens is 4. The van der Waals surface area contributed by atoms with Gasteiger partial charge in [0.2, 0.25) is 0 Å². The summed E-state index contributed by atoms with van der Waals surface area (Å²) in [4.78, 5) is 34.8. The normalized spacial score (nSPS) is 9.87. The predicted molar refractivity (Wildman–Crippen MR) is 47.1 cm³/mol. The first-order valence-corrected chi connectivity index (χ1v) is 4.02. The maximum Gasteiger partial charge on any atom is 0.390 e. The lowest BCUT2D eigenvalue weighted by atomic mass is 10.4. The third kappa shape index (κ3) is 1.90. The zero-order valence-electron chi connectivity index (χ0n) is 7.43. The monoisotopic (exact) mass is 206 g/mol. The van der Waals surface area contributed by atoms with E-state index in [0.29, 0.717) is 0 Å². The van der Waals surface area contributed by atoms with E-state index in [2.05, 4.69) is 24.7 Å². The Balaban J connectivity index is 2.06. The fourth-order valence-corrected chi connectivity index (χ4v) is 0.927. The molecule has 0 aliphatic rings. The lowest BCUT2D eigenvalue weighted by molar-refractivity contribution is -0.129. The first kappa shape index (κ1) is 9.13. The number of nitrogens with one attached hydrogen (secondary N) is 2. The summed E-state index contributed by atoms with van der Waals surface area (Å²) in [5.41, 5.74) is 0. The standard InChI is InChI=1S/C8H6N4O3/c13-5(6-9-1-2-10-6)7(14)15-8-11-3-4-12-8/h1-4H,(H,9,10)(H,11,12). The summed E-state index contributed by atoms with van der Waals surface area (Å²) in [6.45, 7) is 0. The number of H-pyrrole nitrogens is 2. The first-order valence-electron chi connectivity index (χ1n) is 4.02. The van der Waals surface area contributed by atoms with Crippen LogP contribution in [0.5, 0.6) is 6.01 Å². The van der Waals surface area contributed by atoms with E-state index in [4.69, 9.17) is 0 Å². The van der Waals surface area contributed by atoms with Gasteiger partial charge in [-0.1, -0.05) is 0 Å². The van der Waals surface area contributed by atoms with E-state index in [0.717, 1.165) is 0 Å². The Hall–Kier alpha value is -2.44. The molecule has 2 N–H and O–H groups in total. The molecule has 15 heavy (non-hydrogen) atoms. The largest absolute Gasteiger partial charge is 0.390 e. The molecule has 2 heterocycles. The van der Waals surface area contributed by atoms with Crippen molar-refractivity contribution in [2.45, 2.75) is 0 Å². The van der Waals surface area contributed by atoms with Crippen molar-refractivity contribution in [2.75, 3.05) is 0 Å². The van der Waals surface area contributed by atoms with Crippen molar-refractivity contribution in [3.05, 3.63) is 30.6 Å². The Labute approximate surface area is 83.5 Å². The molecule has 2 rings (SSSR count). The van der Waals surface area contributed by atoms with E-state index in [9.17, 15) is 9.59 Å². The zero-order chi connectivity index (χ0) is 10.7. The van der Waals surface area contributed by atoms with Crippen molar-refractivity contribution >= 4 is 11.8 Å². The quantitative estimate of drug-likeness (QED) is 0.415. The Morgan fingerprint density at radius 3 is 2.47 bits per heavy atom. The molecule has 0 aliphatic carbocycles. The molecule has 0 fully saturated rings. The van der Waals surface area contributed by atoms with Gasteiger partial charge in [0.1, 0.15) is 0 Å². The Bertz CT molecular complexity index is 460. The van der Waals surface area contributed by atoms with Gasteiger partial charge in [-0.25, -0.2) is 14.8 Å². The number of rotatable bonds is 3. The highest BCUT2D eigenvalue weighted by Gasteiger charge is 2.21. The van der Waals surface area contributed by atoms with Crippen LogP contribution in [0.2, 0.25) is 0 Å². The highest BCUT2D eigenvalue weighted by atomic mass is 16.6. The number of Topliss-reactive ketones (excluding diaryl/α,β-unsaturated/α-hetero) is 1. The van der Waals surface area contributed by atoms with Crippen LogP contribution in [0.15, 0.2) is 24.8 Å². The minimum Gasteiger partial charge on any atom is -0.386 e. The van der Waals surface area contributed by atoms with E-state index in [1.54, 1.807) is 0 Å². The molecule has 2 aromatic rings. The molecule has 0 saturated carbocycles. The molecule has 0 amide bonds. The predicted octanol–water partition coefficient (Wildman–Crippen LogP) is -0.0789. The summed E-state index contributed by atoms with van der Waals surface area (Å²) in [5, 5.41) is 0. The molecule has 0 aliphatic heterocycles. The zero-order valence-corrected chi connectivity index (χ0v) is 7.43. The van der Waals surface area contributed by atoms with Crippen LogP contribution in [0.1, 0.15) is 10.6 Å². The van der Waals surface area contributed by atoms with Crippen molar-refractivity contribution in [2.24, 2.45) is 0 Å². The van der Waals surface area contributed by atoms with Crippen LogP contribution in [0.25, 0.3) is 0 Å². The number of aromatic amines is 2. The van der Waals surface area contributed by atoms with Crippen LogP contribution in [0.4, 0.5) is 0 Å². The summed E-state index contributed by atoms with van der Waals surface area (Å²) < 4.78 is 4.62. The molecule has 7 heteroatoms. The van der Waals surface area contributed by atoms with Gasteiger partial charge in [0.05, 0.1) is 0 Å². The second-order valence-corrected chi connectivity index (χ2v) is 2.55. The van der Waals surface area contributed by atoms with Crippen LogP contribution in [-0.2, 0) is 4.79 Å². The highest BCUT2D eigenvalue weighted by molar-refractivity contribution is 6.39. The van der Waals surface area contributed by atoms with E-state index in [1.165, 1.54) is 24.8 Å². The number of carbonyl (C=O) groups excluding carboxylic acids is 2. The van der Waals surface area contributed by atoms with Crippen LogP contribution in [0.3, 0.4) is 0 Å². The SMILES string of the molecule is O=C(Oc1ncc[nH]1)C(=O)c1ncc[nH]1. The first-order chi connectivity index (χ1) is 7.27. The molecule has 0 radical (unpaired) electrons. The van der Waals surface area contributed by atoms with Gasteiger partial charge in [-0.15, -0.1) is 0 Å². The number of hydrogen-bond acceptors (Lipinski definition) is 5. The number of hydrogen-bond donors (Lipinski definition) is 2. The van der Waals surface area contributed by atoms with Gasteiger partial charge >= 0.3 is 17.8 Å². The van der Waals surface area contributed by atoms with Gasteiger partial charge in [0.15, 0.2) is 5.82 Å².